The zero-order valence-corrected chi connectivity index (χ0v) is 10.7. The molecular weight excluding hydrogens is 246 g/mol. The molecular formula is C14H17NO4. The lowest BCUT2D eigenvalue weighted by atomic mass is 9.97. The monoisotopic (exact) mass is 263 g/mol. The van der Waals surface area contributed by atoms with Crippen LogP contribution in [0.15, 0.2) is 34.9 Å². The number of amides is 1. The molecule has 1 amide bonds. The number of aliphatic hydroxyl groups is 2. The molecule has 0 radical (unpaired) electrons. The van der Waals surface area contributed by atoms with E-state index in [1.807, 2.05) is 12.1 Å². The van der Waals surface area contributed by atoms with E-state index in [-0.39, 0.29) is 19.1 Å². The van der Waals surface area contributed by atoms with Gasteiger partial charge in [0.1, 0.15) is 11.8 Å². The Bertz CT molecular complexity index is 563. The van der Waals surface area contributed by atoms with Gasteiger partial charge in [-0.1, -0.05) is 25.1 Å². The van der Waals surface area contributed by atoms with Gasteiger partial charge in [0, 0.05) is 5.39 Å². The molecule has 0 atom stereocenters. The van der Waals surface area contributed by atoms with E-state index in [0.29, 0.717) is 23.0 Å². The minimum Gasteiger partial charge on any atom is -0.463 e. The fourth-order valence-corrected chi connectivity index (χ4v) is 1.90. The van der Waals surface area contributed by atoms with Crippen molar-refractivity contribution in [1.29, 1.82) is 0 Å². The standard InChI is InChI=1S/C14H17NO4/c1-2-14(8-16,9-17)15-13(18)11-7-19-12-6-4-3-5-10(11)12/h3-7,16-17H,2,8-9H2,1H3,(H,15,18). The molecule has 0 bridgehead atoms. The first kappa shape index (κ1) is 13.6. The lowest BCUT2D eigenvalue weighted by Gasteiger charge is -2.29. The Morgan fingerprint density at radius 1 is 1.32 bits per heavy atom. The highest BCUT2D eigenvalue weighted by atomic mass is 16.3. The van der Waals surface area contributed by atoms with Crippen LogP contribution in [-0.2, 0) is 0 Å². The average molecular weight is 263 g/mol. The summed E-state index contributed by atoms with van der Waals surface area (Å²) in [6, 6.07) is 7.21. The van der Waals surface area contributed by atoms with Crippen molar-refractivity contribution in [2.24, 2.45) is 0 Å². The molecule has 0 unspecified atom stereocenters. The summed E-state index contributed by atoms with van der Waals surface area (Å²) in [5, 5.41) is 22.1. The minimum absolute atomic E-state index is 0.318. The van der Waals surface area contributed by atoms with Gasteiger partial charge < -0.3 is 19.9 Å². The van der Waals surface area contributed by atoms with Crippen molar-refractivity contribution in [2.75, 3.05) is 13.2 Å². The number of hydrogen-bond donors (Lipinski definition) is 3. The second-order valence-electron chi connectivity index (χ2n) is 4.55. The number of furan rings is 1. The van der Waals surface area contributed by atoms with Crippen LogP contribution in [-0.4, -0.2) is 34.9 Å². The molecule has 1 aromatic carbocycles. The number of fused-ring (bicyclic) bond motifs is 1. The van der Waals surface area contributed by atoms with Crippen molar-refractivity contribution in [1.82, 2.24) is 5.32 Å². The molecule has 0 fully saturated rings. The van der Waals surface area contributed by atoms with E-state index >= 15 is 0 Å². The first-order chi connectivity index (χ1) is 9.15. The maximum atomic E-state index is 12.2. The summed E-state index contributed by atoms with van der Waals surface area (Å²) in [5.41, 5.74) is 0.0215. The van der Waals surface area contributed by atoms with Crippen molar-refractivity contribution in [3.8, 4) is 0 Å². The van der Waals surface area contributed by atoms with Crippen molar-refractivity contribution >= 4 is 16.9 Å². The van der Waals surface area contributed by atoms with E-state index in [1.54, 1.807) is 19.1 Å². The predicted octanol–water partition coefficient (Wildman–Crippen LogP) is 1.30. The van der Waals surface area contributed by atoms with Gasteiger partial charge in [-0.25, -0.2) is 0 Å². The fraction of sp³-hybridized carbons (Fsp3) is 0.357. The molecule has 0 spiro atoms. The first-order valence-corrected chi connectivity index (χ1v) is 6.16. The van der Waals surface area contributed by atoms with Crippen LogP contribution in [0.1, 0.15) is 23.7 Å². The van der Waals surface area contributed by atoms with E-state index in [1.165, 1.54) is 6.26 Å². The number of rotatable bonds is 5. The highest BCUT2D eigenvalue weighted by Gasteiger charge is 2.29. The van der Waals surface area contributed by atoms with Crippen LogP contribution >= 0.6 is 0 Å². The highest BCUT2D eigenvalue weighted by Crippen LogP contribution is 2.21. The van der Waals surface area contributed by atoms with E-state index in [4.69, 9.17) is 4.42 Å². The minimum atomic E-state index is -1.00. The number of para-hydroxylation sites is 1. The Hall–Kier alpha value is -1.85. The maximum absolute atomic E-state index is 12.2. The van der Waals surface area contributed by atoms with Crippen molar-refractivity contribution in [3.63, 3.8) is 0 Å². The predicted molar refractivity (Wildman–Crippen MR) is 70.9 cm³/mol. The fourth-order valence-electron chi connectivity index (χ4n) is 1.90. The number of carbonyl (C=O) groups excluding carboxylic acids is 1. The van der Waals surface area contributed by atoms with Gasteiger partial charge >= 0.3 is 0 Å². The molecule has 1 heterocycles. The summed E-state index contributed by atoms with van der Waals surface area (Å²) in [6.45, 7) is 1.16. The summed E-state index contributed by atoms with van der Waals surface area (Å²) < 4.78 is 5.30. The molecule has 0 saturated heterocycles. The average Bonchev–Trinajstić information content (AvgIpc) is 2.89. The number of benzene rings is 1. The molecule has 5 heteroatoms. The molecule has 0 aliphatic heterocycles. The zero-order chi connectivity index (χ0) is 13.9. The van der Waals surface area contributed by atoms with Crippen molar-refractivity contribution in [2.45, 2.75) is 18.9 Å². The SMILES string of the molecule is CCC(CO)(CO)NC(=O)c1coc2ccccc12. The van der Waals surface area contributed by atoms with Gasteiger partial charge in [-0.05, 0) is 12.5 Å². The molecule has 1 aromatic heterocycles. The second kappa shape index (κ2) is 5.42. The van der Waals surface area contributed by atoms with Gasteiger partial charge in [-0.3, -0.25) is 4.79 Å². The number of aliphatic hydroxyl groups excluding tert-OH is 2. The Balaban J connectivity index is 2.29. The Kier molecular flexibility index (Phi) is 3.87. The summed E-state index contributed by atoms with van der Waals surface area (Å²) in [4.78, 5) is 12.2. The van der Waals surface area contributed by atoms with Gasteiger partial charge in [-0.2, -0.15) is 0 Å². The van der Waals surface area contributed by atoms with Crippen LogP contribution in [0.4, 0.5) is 0 Å². The molecule has 0 saturated carbocycles. The zero-order valence-electron chi connectivity index (χ0n) is 10.7. The van der Waals surface area contributed by atoms with E-state index in [0.717, 1.165) is 0 Å². The molecule has 2 rings (SSSR count). The lowest BCUT2D eigenvalue weighted by molar-refractivity contribution is 0.0653. The number of carbonyl (C=O) groups is 1. The molecule has 19 heavy (non-hydrogen) atoms. The topological polar surface area (TPSA) is 82.7 Å². The quantitative estimate of drug-likeness (QED) is 0.759. The summed E-state index contributed by atoms with van der Waals surface area (Å²) in [7, 11) is 0. The maximum Gasteiger partial charge on any atom is 0.255 e. The largest absolute Gasteiger partial charge is 0.463 e. The van der Waals surface area contributed by atoms with Gasteiger partial charge in [-0.15, -0.1) is 0 Å². The third-order valence-corrected chi connectivity index (χ3v) is 3.39. The van der Waals surface area contributed by atoms with Crippen molar-refractivity contribution < 1.29 is 19.4 Å². The first-order valence-electron chi connectivity index (χ1n) is 6.16. The third kappa shape index (κ3) is 2.47. The summed E-state index contributed by atoms with van der Waals surface area (Å²) >= 11 is 0. The van der Waals surface area contributed by atoms with Crippen LogP contribution < -0.4 is 5.32 Å². The number of nitrogens with one attached hydrogen (secondary N) is 1. The molecule has 5 nitrogen and oxygen atoms in total. The molecule has 2 aromatic rings. The van der Waals surface area contributed by atoms with Crippen LogP contribution in [0.5, 0.6) is 0 Å². The molecule has 3 N–H and O–H groups in total. The molecule has 0 aliphatic rings. The van der Waals surface area contributed by atoms with Crippen molar-refractivity contribution in [3.05, 3.63) is 36.1 Å². The van der Waals surface area contributed by atoms with Crippen LogP contribution in [0.2, 0.25) is 0 Å². The Morgan fingerprint density at radius 3 is 2.63 bits per heavy atom. The van der Waals surface area contributed by atoms with E-state index in [9.17, 15) is 15.0 Å². The van der Waals surface area contributed by atoms with E-state index in [2.05, 4.69) is 5.32 Å². The van der Waals surface area contributed by atoms with Gasteiger partial charge in [0.05, 0.1) is 24.3 Å². The molecule has 102 valence electrons. The summed E-state index contributed by atoms with van der Waals surface area (Å²) in [6.07, 6.45) is 1.82. The van der Waals surface area contributed by atoms with Gasteiger partial charge in [0.2, 0.25) is 0 Å². The van der Waals surface area contributed by atoms with Crippen LogP contribution in [0.25, 0.3) is 11.0 Å². The van der Waals surface area contributed by atoms with Crippen LogP contribution in [0.3, 0.4) is 0 Å². The lowest BCUT2D eigenvalue weighted by Crippen LogP contribution is -2.53. The van der Waals surface area contributed by atoms with E-state index < -0.39 is 5.54 Å². The normalized spacial score (nSPS) is 11.7. The Morgan fingerprint density at radius 2 is 2.00 bits per heavy atom. The van der Waals surface area contributed by atoms with Gasteiger partial charge in [0.15, 0.2) is 0 Å². The second-order valence-corrected chi connectivity index (χ2v) is 4.55. The Labute approximate surface area is 110 Å². The molecule has 0 aliphatic carbocycles. The number of hydrogen-bond acceptors (Lipinski definition) is 4. The van der Waals surface area contributed by atoms with Crippen LogP contribution in [0, 0.1) is 0 Å². The highest BCUT2D eigenvalue weighted by molar-refractivity contribution is 6.06. The summed E-state index contributed by atoms with van der Waals surface area (Å²) in [5.74, 6) is -0.366. The van der Waals surface area contributed by atoms with Gasteiger partial charge in [0.25, 0.3) is 5.91 Å². The third-order valence-electron chi connectivity index (χ3n) is 3.39. The smallest absolute Gasteiger partial charge is 0.255 e.